The van der Waals surface area contributed by atoms with Gasteiger partial charge >= 0.3 is 0 Å². The Morgan fingerprint density at radius 1 is 1.42 bits per heavy atom. The smallest absolute Gasteiger partial charge is 0.182 e. The van der Waals surface area contributed by atoms with Crippen molar-refractivity contribution >= 4 is 9.84 Å². The molecule has 0 bridgehead atoms. The van der Waals surface area contributed by atoms with E-state index >= 15 is 0 Å². The van der Waals surface area contributed by atoms with Gasteiger partial charge in [-0.15, -0.1) is 0 Å². The van der Waals surface area contributed by atoms with Gasteiger partial charge in [0.2, 0.25) is 0 Å². The molecule has 0 spiro atoms. The molecule has 1 aliphatic rings. The van der Waals surface area contributed by atoms with Gasteiger partial charge in [0.1, 0.15) is 0 Å². The first-order chi connectivity index (χ1) is 5.71. The molecule has 0 unspecified atom stereocenters. The summed E-state index contributed by atoms with van der Waals surface area (Å²) in [6, 6.07) is 3.25. The lowest BCUT2D eigenvalue weighted by Gasteiger charge is -1.99. The molecule has 1 saturated carbocycles. The van der Waals surface area contributed by atoms with E-state index in [1.54, 1.807) is 18.3 Å². The van der Waals surface area contributed by atoms with E-state index in [-0.39, 0.29) is 5.25 Å². The topological polar surface area (TPSA) is 47.0 Å². The van der Waals surface area contributed by atoms with E-state index in [2.05, 4.69) is 4.98 Å². The number of rotatable bonds is 2. The van der Waals surface area contributed by atoms with Crippen LogP contribution in [0.25, 0.3) is 0 Å². The van der Waals surface area contributed by atoms with Gasteiger partial charge in [-0.2, -0.15) is 0 Å². The molecule has 0 radical (unpaired) electrons. The number of aromatic nitrogens is 1. The maximum atomic E-state index is 11.6. The predicted molar refractivity (Wildman–Crippen MR) is 44.4 cm³/mol. The van der Waals surface area contributed by atoms with Crippen LogP contribution in [0.4, 0.5) is 0 Å². The molecule has 64 valence electrons. The highest BCUT2D eigenvalue weighted by molar-refractivity contribution is 7.92. The number of nitrogens with zero attached hydrogens (tertiary/aromatic N) is 1. The zero-order valence-corrected chi connectivity index (χ0v) is 7.29. The lowest BCUT2D eigenvalue weighted by molar-refractivity contribution is 0.594. The Labute approximate surface area is 71.4 Å². The number of pyridine rings is 1. The molecule has 2 rings (SSSR count). The minimum Gasteiger partial charge on any atom is -0.263 e. The highest BCUT2D eigenvalue weighted by atomic mass is 32.2. The fourth-order valence-electron chi connectivity index (χ4n) is 1.09. The van der Waals surface area contributed by atoms with Crippen LogP contribution in [0.5, 0.6) is 0 Å². The highest BCUT2D eigenvalue weighted by Gasteiger charge is 2.36. The van der Waals surface area contributed by atoms with E-state index in [9.17, 15) is 8.42 Å². The first-order valence-corrected chi connectivity index (χ1v) is 5.40. The molecule has 0 N–H and O–H groups in total. The van der Waals surface area contributed by atoms with Crippen LogP contribution in [0.15, 0.2) is 29.4 Å². The Kier molecular flexibility index (Phi) is 1.65. The summed E-state index contributed by atoms with van der Waals surface area (Å²) in [7, 11) is -3.03. The SMILES string of the molecule is O=S(=O)(c1cccnc1)C1CC1. The van der Waals surface area contributed by atoms with Crippen molar-refractivity contribution in [2.75, 3.05) is 0 Å². The second-order valence-corrected chi connectivity index (χ2v) is 5.16. The van der Waals surface area contributed by atoms with Gasteiger partial charge in [0, 0.05) is 12.4 Å². The van der Waals surface area contributed by atoms with Gasteiger partial charge in [0.05, 0.1) is 10.1 Å². The summed E-state index contributed by atoms with van der Waals surface area (Å²) in [6.45, 7) is 0. The third kappa shape index (κ3) is 1.22. The normalized spacial score (nSPS) is 17.7. The minimum absolute atomic E-state index is 0.137. The van der Waals surface area contributed by atoms with Crippen molar-refractivity contribution in [2.45, 2.75) is 23.0 Å². The molecule has 1 aliphatic carbocycles. The molecule has 0 atom stereocenters. The van der Waals surface area contributed by atoms with Crippen LogP contribution in [0.3, 0.4) is 0 Å². The van der Waals surface area contributed by atoms with Gasteiger partial charge < -0.3 is 0 Å². The zero-order valence-electron chi connectivity index (χ0n) is 6.47. The monoisotopic (exact) mass is 183 g/mol. The number of hydrogen-bond acceptors (Lipinski definition) is 3. The zero-order chi connectivity index (χ0) is 8.60. The fraction of sp³-hybridized carbons (Fsp3) is 0.375. The number of sulfone groups is 1. The van der Waals surface area contributed by atoms with Gasteiger partial charge in [0.15, 0.2) is 9.84 Å². The van der Waals surface area contributed by atoms with E-state index in [1.807, 2.05) is 0 Å². The molecule has 1 aromatic heterocycles. The van der Waals surface area contributed by atoms with Crippen molar-refractivity contribution in [1.82, 2.24) is 4.98 Å². The summed E-state index contributed by atoms with van der Waals surface area (Å²) in [5.74, 6) is 0. The number of hydrogen-bond donors (Lipinski definition) is 0. The molecular weight excluding hydrogens is 174 g/mol. The van der Waals surface area contributed by atoms with Gasteiger partial charge in [-0.3, -0.25) is 4.98 Å². The highest BCUT2D eigenvalue weighted by Crippen LogP contribution is 2.32. The standard InChI is InChI=1S/C8H9NO2S/c10-12(11,7-3-4-7)8-2-1-5-9-6-8/h1-2,5-7H,3-4H2. The van der Waals surface area contributed by atoms with E-state index in [1.165, 1.54) is 6.20 Å². The van der Waals surface area contributed by atoms with Crippen molar-refractivity contribution in [2.24, 2.45) is 0 Å². The average Bonchev–Trinajstić information content (AvgIpc) is 2.88. The second-order valence-electron chi connectivity index (χ2n) is 2.93. The Hall–Kier alpha value is -0.900. The van der Waals surface area contributed by atoms with Gasteiger partial charge in [-0.05, 0) is 25.0 Å². The molecule has 0 aliphatic heterocycles. The molecule has 12 heavy (non-hydrogen) atoms. The maximum Gasteiger partial charge on any atom is 0.182 e. The Bertz CT molecular complexity index is 367. The molecule has 0 amide bonds. The van der Waals surface area contributed by atoms with Crippen molar-refractivity contribution in [3.63, 3.8) is 0 Å². The summed E-state index contributed by atoms with van der Waals surface area (Å²) in [6.07, 6.45) is 4.59. The fourth-order valence-corrected chi connectivity index (χ4v) is 2.70. The lowest BCUT2D eigenvalue weighted by atomic mass is 10.5. The van der Waals surface area contributed by atoms with E-state index in [4.69, 9.17) is 0 Å². The van der Waals surface area contributed by atoms with Crippen LogP contribution < -0.4 is 0 Å². The second kappa shape index (κ2) is 2.55. The van der Waals surface area contributed by atoms with Crippen LogP contribution in [0.2, 0.25) is 0 Å². The lowest BCUT2D eigenvalue weighted by Crippen LogP contribution is -2.06. The van der Waals surface area contributed by atoms with Crippen molar-refractivity contribution < 1.29 is 8.42 Å². The van der Waals surface area contributed by atoms with Crippen molar-refractivity contribution in [1.29, 1.82) is 0 Å². The van der Waals surface area contributed by atoms with Crippen LogP contribution in [0, 0.1) is 0 Å². The van der Waals surface area contributed by atoms with Gasteiger partial charge in [0.25, 0.3) is 0 Å². The Morgan fingerprint density at radius 3 is 2.67 bits per heavy atom. The first kappa shape index (κ1) is 7.73. The molecule has 0 aromatic carbocycles. The first-order valence-electron chi connectivity index (χ1n) is 3.85. The summed E-state index contributed by atoms with van der Waals surface area (Å²) in [4.78, 5) is 4.14. The van der Waals surface area contributed by atoms with E-state index < -0.39 is 9.84 Å². The molecule has 1 fully saturated rings. The van der Waals surface area contributed by atoms with Gasteiger partial charge in [-0.25, -0.2) is 8.42 Å². The van der Waals surface area contributed by atoms with E-state index in [0.717, 1.165) is 12.8 Å². The van der Waals surface area contributed by atoms with Crippen molar-refractivity contribution in [3.05, 3.63) is 24.5 Å². The van der Waals surface area contributed by atoms with Crippen LogP contribution in [-0.4, -0.2) is 18.7 Å². The molecular formula is C8H9NO2S. The molecule has 1 aromatic rings. The quantitative estimate of drug-likeness (QED) is 0.687. The molecule has 4 heteroatoms. The van der Waals surface area contributed by atoms with Crippen LogP contribution in [0.1, 0.15) is 12.8 Å². The van der Waals surface area contributed by atoms with Gasteiger partial charge in [-0.1, -0.05) is 0 Å². The summed E-state index contributed by atoms with van der Waals surface area (Å²) >= 11 is 0. The molecule has 1 heterocycles. The molecule has 0 saturated heterocycles. The van der Waals surface area contributed by atoms with Crippen LogP contribution in [-0.2, 0) is 9.84 Å². The average molecular weight is 183 g/mol. The van der Waals surface area contributed by atoms with E-state index in [0.29, 0.717) is 4.90 Å². The van der Waals surface area contributed by atoms with Crippen molar-refractivity contribution in [3.8, 4) is 0 Å². The summed E-state index contributed by atoms with van der Waals surface area (Å²) in [5.41, 5.74) is 0. The Balaban J connectivity index is 2.42. The third-order valence-corrected chi connectivity index (χ3v) is 4.17. The molecule has 3 nitrogen and oxygen atoms in total. The minimum atomic E-state index is -3.03. The summed E-state index contributed by atoms with van der Waals surface area (Å²) in [5, 5.41) is -0.137. The predicted octanol–water partition coefficient (Wildman–Crippen LogP) is 1.02. The Morgan fingerprint density at radius 2 is 2.17 bits per heavy atom. The largest absolute Gasteiger partial charge is 0.263 e. The maximum absolute atomic E-state index is 11.6. The summed E-state index contributed by atoms with van der Waals surface area (Å²) < 4.78 is 23.1. The third-order valence-electron chi connectivity index (χ3n) is 1.93. The van der Waals surface area contributed by atoms with Crippen LogP contribution >= 0.6 is 0 Å².